The molecule has 0 amide bonds. The summed E-state index contributed by atoms with van der Waals surface area (Å²) in [4.78, 5) is 0. The van der Waals surface area contributed by atoms with E-state index < -0.39 is 6.61 Å². The predicted octanol–water partition coefficient (Wildman–Crippen LogP) is 2.80. The fourth-order valence-corrected chi connectivity index (χ4v) is 1.53. The van der Waals surface area contributed by atoms with Gasteiger partial charge in [-0.25, -0.2) is 0 Å². The second-order valence-corrected chi connectivity index (χ2v) is 3.71. The highest BCUT2D eigenvalue weighted by atomic mass is 19.3. The standard InChI is InChI=1S/C13H19F2NO2/c1-2-17-9-5-8-16-10-11-6-3-4-7-12(11)18-13(14)15/h3-4,6-7,13,16H,2,5,8-10H2,1H3. The summed E-state index contributed by atoms with van der Waals surface area (Å²) < 4.78 is 34.0. The molecule has 0 bridgehead atoms. The Bertz CT molecular complexity index is 335. The third-order valence-electron chi connectivity index (χ3n) is 2.35. The van der Waals surface area contributed by atoms with Crippen molar-refractivity contribution >= 4 is 0 Å². The Hall–Kier alpha value is -1.20. The molecule has 0 heterocycles. The third kappa shape index (κ3) is 5.93. The van der Waals surface area contributed by atoms with E-state index in [-0.39, 0.29) is 5.75 Å². The highest BCUT2D eigenvalue weighted by Gasteiger charge is 2.08. The van der Waals surface area contributed by atoms with Gasteiger partial charge in [0, 0.05) is 25.3 Å². The van der Waals surface area contributed by atoms with Crippen molar-refractivity contribution in [1.29, 1.82) is 0 Å². The maximum absolute atomic E-state index is 12.2. The molecule has 1 aromatic rings. The van der Waals surface area contributed by atoms with Gasteiger partial charge >= 0.3 is 6.61 Å². The van der Waals surface area contributed by atoms with Crippen LogP contribution < -0.4 is 10.1 Å². The average Bonchev–Trinajstić information content (AvgIpc) is 2.35. The second-order valence-electron chi connectivity index (χ2n) is 3.71. The Balaban J connectivity index is 2.32. The van der Waals surface area contributed by atoms with Crippen LogP contribution in [0.5, 0.6) is 5.75 Å². The topological polar surface area (TPSA) is 30.5 Å². The number of nitrogens with one attached hydrogen (secondary N) is 1. The third-order valence-corrected chi connectivity index (χ3v) is 2.35. The van der Waals surface area contributed by atoms with E-state index in [1.54, 1.807) is 24.3 Å². The molecule has 0 saturated carbocycles. The molecule has 102 valence electrons. The van der Waals surface area contributed by atoms with Gasteiger partial charge < -0.3 is 14.8 Å². The molecule has 0 atom stereocenters. The van der Waals surface area contributed by atoms with Crippen LogP contribution in [0, 0.1) is 0 Å². The van der Waals surface area contributed by atoms with E-state index in [1.165, 1.54) is 0 Å². The summed E-state index contributed by atoms with van der Waals surface area (Å²) in [5, 5.41) is 3.17. The van der Waals surface area contributed by atoms with E-state index in [4.69, 9.17) is 4.74 Å². The van der Waals surface area contributed by atoms with Gasteiger partial charge in [0.25, 0.3) is 0 Å². The maximum Gasteiger partial charge on any atom is 0.387 e. The Morgan fingerprint density at radius 3 is 2.78 bits per heavy atom. The Labute approximate surface area is 106 Å². The van der Waals surface area contributed by atoms with Crippen LogP contribution in [0.3, 0.4) is 0 Å². The molecule has 0 aliphatic rings. The van der Waals surface area contributed by atoms with Crippen LogP contribution in [-0.2, 0) is 11.3 Å². The molecule has 0 aliphatic carbocycles. The number of hydrogen-bond acceptors (Lipinski definition) is 3. The molecular formula is C13H19F2NO2. The van der Waals surface area contributed by atoms with Crippen molar-refractivity contribution in [1.82, 2.24) is 5.32 Å². The van der Waals surface area contributed by atoms with Gasteiger partial charge in [0.05, 0.1) is 0 Å². The molecular weight excluding hydrogens is 240 g/mol. The molecule has 0 unspecified atom stereocenters. The summed E-state index contributed by atoms with van der Waals surface area (Å²) in [5.74, 6) is 0.227. The van der Waals surface area contributed by atoms with Gasteiger partial charge in [-0.15, -0.1) is 0 Å². The SMILES string of the molecule is CCOCCCNCc1ccccc1OC(F)F. The van der Waals surface area contributed by atoms with Crippen molar-refractivity contribution in [3.8, 4) is 5.75 Å². The van der Waals surface area contributed by atoms with Crippen LogP contribution in [-0.4, -0.2) is 26.4 Å². The molecule has 5 heteroatoms. The number of hydrogen-bond donors (Lipinski definition) is 1. The molecule has 0 saturated heterocycles. The predicted molar refractivity (Wildman–Crippen MR) is 65.9 cm³/mol. The van der Waals surface area contributed by atoms with Crippen LogP contribution in [0.2, 0.25) is 0 Å². The first-order valence-corrected chi connectivity index (χ1v) is 6.05. The van der Waals surface area contributed by atoms with Crippen LogP contribution in [0.15, 0.2) is 24.3 Å². The van der Waals surface area contributed by atoms with Gasteiger partial charge in [-0.3, -0.25) is 0 Å². The second kappa shape index (κ2) is 8.83. The Morgan fingerprint density at radius 2 is 2.06 bits per heavy atom. The zero-order chi connectivity index (χ0) is 13.2. The van der Waals surface area contributed by atoms with Crippen LogP contribution in [0.1, 0.15) is 18.9 Å². The van der Waals surface area contributed by atoms with E-state index in [1.807, 2.05) is 6.92 Å². The van der Waals surface area contributed by atoms with Crippen molar-refractivity contribution in [2.75, 3.05) is 19.8 Å². The average molecular weight is 259 g/mol. The lowest BCUT2D eigenvalue weighted by Crippen LogP contribution is -2.17. The summed E-state index contributed by atoms with van der Waals surface area (Å²) in [7, 11) is 0. The summed E-state index contributed by atoms with van der Waals surface area (Å²) in [5.41, 5.74) is 0.731. The molecule has 1 aromatic carbocycles. The fraction of sp³-hybridized carbons (Fsp3) is 0.538. The van der Waals surface area contributed by atoms with E-state index in [0.29, 0.717) is 19.8 Å². The number of para-hydroxylation sites is 1. The lowest BCUT2D eigenvalue weighted by Gasteiger charge is -2.11. The largest absolute Gasteiger partial charge is 0.434 e. The summed E-state index contributed by atoms with van der Waals surface area (Å²) in [6.07, 6.45) is 0.895. The van der Waals surface area contributed by atoms with Crippen molar-refractivity contribution in [3.05, 3.63) is 29.8 Å². The highest BCUT2D eigenvalue weighted by molar-refractivity contribution is 5.33. The van der Waals surface area contributed by atoms with Gasteiger partial charge in [0.1, 0.15) is 5.75 Å². The smallest absolute Gasteiger partial charge is 0.387 e. The van der Waals surface area contributed by atoms with Crippen molar-refractivity contribution < 1.29 is 18.3 Å². The van der Waals surface area contributed by atoms with Crippen molar-refractivity contribution in [2.45, 2.75) is 26.5 Å². The van der Waals surface area contributed by atoms with E-state index in [2.05, 4.69) is 10.1 Å². The zero-order valence-corrected chi connectivity index (χ0v) is 10.5. The molecule has 0 aromatic heterocycles. The monoisotopic (exact) mass is 259 g/mol. The van der Waals surface area contributed by atoms with Gasteiger partial charge in [-0.1, -0.05) is 18.2 Å². The zero-order valence-electron chi connectivity index (χ0n) is 10.5. The Kier molecular flexibility index (Phi) is 7.29. The first kappa shape index (κ1) is 14.9. The van der Waals surface area contributed by atoms with E-state index >= 15 is 0 Å². The van der Waals surface area contributed by atoms with Gasteiger partial charge in [-0.2, -0.15) is 8.78 Å². The molecule has 0 aliphatic heterocycles. The van der Waals surface area contributed by atoms with Crippen LogP contribution in [0.25, 0.3) is 0 Å². The quantitative estimate of drug-likeness (QED) is 0.692. The van der Waals surface area contributed by atoms with Gasteiger partial charge in [0.15, 0.2) is 0 Å². The molecule has 3 nitrogen and oxygen atoms in total. The maximum atomic E-state index is 12.2. The summed E-state index contributed by atoms with van der Waals surface area (Å²) in [6, 6.07) is 6.79. The molecule has 18 heavy (non-hydrogen) atoms. The summed E-state index contributed by atoms with van der Waals surface area (Å²) >= 11 is 0. The van der Waals surface area contributed by atoms with Crippen molar-refractivity contribution in [2.24, 2.45) is 0 Å². The number of rotatable bonds is 9. The van der Waals surface area contributed by atoms with Gasteiger partial charge in [-0.05, 0) is 26.0 Å². The number of benzene rings is 1. The highest BCUT2D eigenvalue weighted by Crippen LogP contribution is 2.19. The molecule has 1 N–H and O–H groups in total. The number of alkyl halides is 2. The van der Waals surface area contributed by atoms with Crippen molar-refractivity contribution in [3.63, 3.8) is 0 Å². The summed E-state index contributed by atoms with van der Waals surface area (Å²) in [6.45, 7) is 1.87. The normalized spacial score (nSPS) is 10.9. The fourth-order valence-electron chi connectivity index (χ4n) is 1.53. The minimum Gasteiger partial charge on any atom is -0.434 e. The number of ether oxygens (including phenoxy) is 2. The first-order chi connectivity index (χ1) is 8.74. The van der Waals surface area contributed by atoms with Crippen LogP contribution >= 0.6 is 0 Å². The molecule has 0 fully saturated rings. The lowest BCUT2D eigenvalue weighted by molar-refractivity contribution is -0.0504. The van der Waals surface area contributed by atoms with Crippen LogP contribution in [0.4, 0.5) is 8.78 Å². The Morgan fingerprint density at radius 1 is 1.28 bits per heavy atom. The lowest BCUT2D eigenvalue weighted by atomic mass is 10.2. The minimum atomic E-state index is -2.79. The first-order valence-electron chi connectivity index (χ1n) is 6.05. The molecule has 1 rings (SSSR count). The molecule has 0 spiro atoms. The minimum absolute atomic E-state index is 0.227. The van der Waals surface area contributed by atoms with Gasteiger partial charge in [0.2, 0.25) is 0 Å². The number of halogens is 2. The van der Waals surface area contributed by atoms with E-state index in [0.717, 1.165) is 18.5 Å². The molecule has 0 radical (unpaired) electrons. The van der Waals surface area contributed by atoms with E-state index in [9.17, 15) is 8.78 Å².